The minimum atomic E-state index is -4.23. The van der Waals surface area contributed by atoms with Crippen LogP contribution in [0.3, 0.4) is 0 Å². The van der Waals surface area contributed by atoms with E-state index in [1.165, 1.54) is 10.4 Å². The normalized spacial score (nSPS) is 17.4. The molecule has 0 aliphatic heterocycles. The van der Waals surface area contributed by atoms with E-state index in [9.17, 15) is 13.0 Å². The maximum Gasteiger partial charge on any atom is 0.295 e. The molecule has 3 rings (SSSR count). The maximum atomic E-state index is 11.8. The Kier molecular flexibility index (Phi) is 4.42. The van der Waals surface area contributed by atoms with Crippen LogP contribution < -0.4 is 10.4 Å². The molecule has 0 spiro atoms. The van der Waals surface area contributed by atoms with Crippen molar-refractivity contribution in [2.45, 2.75) is 26.9 Å². The van der Waals surface area contributed by atoms with Gasteiger partial charge in [0.05, 0.1) is 19.0 Å². The molecule has 0 bridgehead atoms. The van der Waals surface area contributed by atoms with Gasteiger partial charge in [0, 0.05) is 5.57 Å². The third-order valence-corrected chi connectivity index (χ3v) is 7.11. The van der Waals surface area contributed by atoms with Crippen LogP contribution in [0.5, 0.6) is 0 Å². The summed E-state index contributed by atoms with van der Waals surface area (Å²) in [5, 5.41) is 2.62. The third-order valence-electron chi connectivity index (χ3n) is 4.34. The number of rotatable bonds is 4. The van der Waals surface area contributed by atoms with Gasteiger partial charge >= 0.3 is 0 Å². The highest BCUT2D eigenvalue weighted by molar-refractivity contribution is 7.90. The number of hydrogen-bond donors (Lipinski definition) is 1. The Labute approximate surface area is 148 Å². The van der Waals surface area contributed by atoms with Gasteiger partial charge in [-0.2, -0.15) is 8.42 Å². The minimum Gasteiger partial charge on any atom is -0.282 e. The summed E-state index contributed by atoms with van der Waals surface area (Å²) in [4.78, 5) is 0.0485. The van der Waals surface area contributed by atoms with E-state index in [4.69, 9.17) is 0 Å². The molecule has 1 aromatic rings. The van der Waals surface area contributed by atoms with Crippen LogP contribution >= 0.6 is 0 Å². The molecule has 0 saturated heterocycles. The van der Waals surface area contributed by atoms with Gasteiger partial charge in [0.15, 0.2) is 0 Å². The average molecular weight is 371 g/mol. The summed E-state index contributed by atoms with van der Waals surface area (Å²) in [6, 6.07) is 6.62. The molecule has 2 aliphatic carbocycles. The number of allylic oxidation sites excluding steroid dienone is 7. The molecule has 0 amide bonds. The van der Waals surface area contributed by atoms with Crippen molar-refractivity contribution in [3.05, 3.63) is 63.1 Å². The molecule has 1 N–H and O–H groups in total. The Morgan fingerprint density at radius 2 is 1.42 bits per heavy atom. The van der Waals surface area contributed by atoms with Crippen molar-refractivity contribution in [1.29, 1.82) is 0 Å². The Bertz CT molecular complexity index is 942. The molecule has 2 aliphatic rings. The van der Waals surface area contributed by atoms with E-state index in [1.54, 1.807) is 6.92 Å². The molecular weight excluding hydrogens is 352 g/mol. The quantitative estimate of drug-likeness (QED) is 0.653. The summed E-state index contributed by atoms with van der Waals surface area (Å²) in [6.45, 7) is 7.95. The second-order valence-electron chi connectivity index (χ2n) is 5.96. The van der Waals surface area contributed by atoms with Gasteiger partial charge in [-0.3, -0.25) is 4.55 Å². The molecule has 0 heterocycles. The predicted octanol–water partition coefficient (Wildman–Crippen LogP) is 2.26. The monoisotopic (exact) mass is 370 g/mol. The zero-order valence-corrected chi connectivity index (χ0v) is 16.9. The molecule has 24 heavy (non-hydrogen) atoms. The second kappa shape index (κ2) is 6.11. The minimum absolute atomic E-state index is 0.0485. The Morgan fingerprint density at radius 3 is 1.92 bits per heavy atom. The molecule has 0 aromatic heterocycles. The van der Waals surface area contributed by atoms with Crippen molar-refractivity contribution in [2.24, 2.45) is 0 Å². The van der Waals surface area contributed by atoms with Gasteiger partial charge in [0.25, 0.3) is 10.1 Å². The molecular formula is C18H18O3SSi2. The van der Waals surface area contributed by atoms with Gasteiger partial charge < -0.3 is 0 Å². The summed E-state index contributed by atoms with van der Waals surface area (Å²) in [7, 11) is -2.80. The first-order valence-electron chi connectivity index (χ1n) is 7.61. The highest BCUT2D eigenvalue weighted by Crippen LogP contribution is 2.46. The van der Waals surface area contributed by atoms with Crippen LogP contribution in [0, 0.1) is 0 Å². The largest absolute Gasteiger partial charge is 0.295 e. The van der Waals surface area contributed by atoms with Crippen molar-refractivity contribution in [3.63, 3.8) is 0 Å². The van der Waals surface area contributed by atoms with Crippen molar-refractivity contribution >= 4 is 45.1 Å². The third kappa shape index (κ3) is 2.84. The molecule has 0 atom stereocenters. The van der Waals surface area contributed by atoms with Crippen LogP contribution in [0.1, 0.15) is 19.4 Å². The zero-order valence-electron chi connectivity index (χ0n) is 14.1. The lowest BCUT2D eigenvalue weighted by atomic mass is 10.0. The highest BCUT2D eigenvalue weighted by Gasteiger charge is 2.33. The Hall–Kier alpha value is -1.48. The first-order valence-corrected chi connectivity index (χ1v) is 12.0. The lowest BCUT2D eigenvalue weighted by Gasteiger charge is -2.09. The second-order valence-corrected chi connectivity index (χ2v) is 9.47. The van der Waals surface area contributed by atoms with Gasteiger partial charge in [-0.25, -0.2) is 0 Å². The summed E-state index contributed by atoms with van der Waals surface area (Å²) < 4.78 is 33.2. The fourth-order valence-electron chi connectivity index (χ4n) is 3.29. The first-order chi connectivity index (χ1) is 11.3. The fraction of sp³-hybridized carbons (Fsp3) is 0.222. The lowest BCUT2D eigenvalue weighted by Crippen LogP contribution is -2.22. The van der Waals surface area contributed by atoms with Crippen LogP contribution in [0.15, 0.2) is 57.5 Å². The zero-order chi connectivity index (χ0) is 17.6. The SMILES string of the molecule is C[Si]c1cc([Si]C)cc(C2=C3C=C(C)C(S(=O)(=O)O)=C3C(C)=C2)c1. The average Bonchev–Trinajstić information content (AvgIpc) is 3.02. The lowest BCUT2D eigenvalue weighted by molar-refractivity contribution is 0.491. The summed E-state index contributed by atoms with van der Waals surface area (Å²) >= 11 is 0. The van der Waals surface area contributed by atoms with Gasteiger partial charge in [-0.1, -0.05) is 47.7 Å². The van der Waals surface area contributed by atoms with Crippen LogP contribution in [0.2, 0.25) is 13.1 Å². The van der Waals surface area contributed by atoms with Gasteiger partial charge in [-0.05, 0) is 47.8 Å². The van der Waals surface area contributed by atoms with E-state index in [-0.39, 0.29) is 4.91 Å². The maximum absolute atomic E-state index is 11.8. The van der Waals surface area contributed by atoms with Gasteiger partial charge in [-0.15, -0.1) is 0 Å². The molecule has 3 nitrogen and oxygen atoms in total. The number of fused-ring (bicyclic) bond motifs is 1. The predicted molar refractivity (Wildman–Crippen MR) is 102 cm³/mol. The summed E-state index contributed by atoms with van der Waals surface area (Å²) in [5.41, 5.74) is 5.19. The Balaban J connectivity index is 2.27. The Morgan fingerprint density at radius 1 is 0.875 bits per heavy atom. The smallest absolute Gasteiger partial charge is 0.282 e. The number of hydrogen-bond acceptors (Lipinski definition) is 2. The molecule has 6 heteroatoms. The molecule has 4 radical (unpaired) electrons. The van der Waals surface area contributed by atoms with E-state index in [2.05, 4.69) is 31.3 Å². The van der Waals surface area contributed by atoms with Crippen molar-refractivity contribution < 1.29 is 13.0 Å². The van der Waals surface area contributed by atoms with Crippen LogP contribution in [-0.4, -0.2) is 32.0 Å². The summed E-state index contributed by atoms with van der Waals surface area (Å²) in [6.07, 6.45) is 3.90. The van der Waals surface area contributed by atoms with Crippen molar-refractivity contribution in [1.82, 2.24) is 0 Å². The standard InChI is InChI=1S/C18H18O3SSi2/c1-10-5-15(12-7-13(23-3)9-14(8-12)24-4)16-6-11(2)18(17(10)16)22(19,20)21/h5-9H,1-4H3,(H,19,20,21). The molecule has 0 fully saturated rings. The van der Waals surface area contributed by atoms with Gasteiger partial charge in [0.2, 0.25) is 0 Å². The molecule has 0 unspecified atom stereocenters. The van der Waals surface area contributed by atoms with E-state index in [1.807, 2.05) is 19.1 Å². The van der Waals surface area contributed by atoms with E-state index < -0.39 is 10.1 Å². The molecule has 0 saturated carbocycles. The van der Waals surface area contributed by atoms with E-state index in [0.29, 0.717) is 30.2 Å². The molecule has 1 aromatic carbocycles. The van der Waals surface area contributed by atoms with E-state index in [0.717, 1.165) is 22.3 Å². The number of benzene rings is 1. The van der Waals surface area contributed by atoms with Gasteiger partial charge in [0.1, 0.15) is 4.91 Å². The molecule has 122 valence electrons. The topological polar surface area (TPSA) is 54.4 Å². The van der Waals surface area contributed by atoms with Crippen molar-refractivity contribution in [2.75, 3.05) is 0 Å². The van der Waals surface area contributed by atoms with Crippen LogP contribution in [-0.2, 0) is 10.1 Å². The van der Waals surface area contributed by atoms with Crippen molar-refractivity contribution in [3.8, 4) is 0 Å². The van der Waals surface area contributed by atoms with Crippen LogP contribution in [0.4, 0.5) is 0 Å². The first kappa shape index (κ1) is 17.4. The van der Waals surface area contributed by atoms with E-state index >= 15 is 0 Å². The summed E-state index contributed by atoms with van der Waals surface area (Å²) in [5.74, 6) is 0. The van der Waals surface area contributed by atoms with Crippen LogP contribution in [0.25, 0.3) is 5.57 Å². The highest BCUT2D eigenvalue weighted by atomic mass is 32.2. The fourth-order valence-corrected chi connectivity index (χ4v) is 5.63.